The van der Waals surface area contributed by atoms with E-state index in [1.807, 2.05) is 24.4 Å². The number of hydrogen-bond acceptors (Lipinski definition) is 6. The Morgan fingerprint density at radius 2 is 1.89 bits per heavy atom. The first-order chi connectivity index (χ1) is 16.9. The fraction of sp³-hybridized carbons (Fsp3) is 0.280. The highest BCUT2D eigenvalue weighted by Gasteiger charge is 2.29. The maximum atomic E-state index is 12.7. The van der Waals surface area contributed by atoms with Gasteiger partial charge in [-0.15, -0.1) is 0 Å². The number of alkyl halides is 3. The maximum absolute atomic E-state index is 12.7. The van der Waals surface area contributed by atoms with Crippen LogP contribution >= 0.6 is 0 Å². The lowest BCUT2D eigenvalue weighted by molar-refractivity contribution is -0.137. The molecule has 4 aromatic rings. The summed E-state index contributed by atoms with van der Waals surface area (Å²) in [6.45, 7) is 2.99. The molecular formula is C25H24F3N5O2. The third-order valence-corrected chi connectivity index (χ3v) is 5.81. The molecule has 0 spiro atoms. The monoisotopic (exact) mass is 483 g/mol. The molecule has 182 valence electrons. The van der Waals surface area contributed by atoms with Gasteiger partial charge in [-0.3, -0.25) is 0 Å². The number of fused-ring (bicyclic) bond motifs is 1. The average Bonchev–Trinajstić information content (AvgIpc) is 3.52. The minimum absolute atomic E-state index is 0.380. The number of anilines is 1. The van der Waals surface area contributed by atoms with Crippen molar-refractivity contribution in [3.8, 4) is 5.75 Å². The van der Waals surface area contributed by atoms with Gasteiger partial charge in [0, 0.05) is 37.3 Å². The van der Waals surface area contributed by atoms with E-state index in [9.17, 15) is 13.2 Å². The van der Waals surface area contributed by atoms with Gasteiger partial charge in [-0.1, -0.05) is 18.2 Å². The van der Waals surface area contributed by atoms with Crippen LogP contribution in [0.1, 0.15) is 22.3 Å². The normalized spacial score (nSPS) is 14.5. The summed E-state index contributed by atoms with van der Waals surface area (Å²) in [7, 11) is 0. The van der Waals surface area contributed by atoms with E-state index in [4.69, 9.17) is 9.47 Å². The Kier molecular flexibility index (Phi) is 6.56. The minimum atomic E-state index is -4.33. The van der Waals surface area contributed by atoms with Gasteiger partial charge >= 0.3 is 6.18 Å². The Morgan fingerprint density at radius 1 is 1.06 bits per heavy atom. The average molecular weight is 483 g/mol. The third kappa shape index (κ3) is 5.72. The molecule has 1 aromatic carbocycles. The number of rotatable bonds is 8. The van der Waals surface area contributed by atoms with Crippen LogP contribution in [0.5, 0.6) is 5.75 Å². The van der Waals surface area contributed by atoms with Crippen LogP contribution in [0.4, 0.5) is 19.0 Å². The van der Waals surface area contributed by atoms with Crippen LogP contribution in [0.25, 0.3) is 11.0 Å². The largest absolute Gasteiger partial charge is 0.476 e. The standard InChI is InChI=1S/C25H24F3N5O2/c26-25(27,28)20-4-1-17(2-5-20)11-29-23-6-3-18(12-30-23)9-19-13-31-24-22(19)10-21(14-32-24)35-16-33-7-8-34-15-33/h1-6,10,12-14H,7-9,11,15-16H2,(H,29,30)(H,31,32). The summed E-state index contributed by atoms with van der Waals surface area (Å²) in [4.78, 5) is 14.2. The number of H-pyrrole nitrogens is 1. The van der Waals surface area contributed by atoms with Crippen molar-refractivity contribution in [3.63, 3.8) is 0 Å². The molecule has 2 N–H and O–H groups in total. The predicted octanol–water partition coefficient (Wildman–Crippen LogP) is 4.81. The number of aromatic amines is 1. The highest BCUT2D eigenvalue weighted by molar-refractivity contribution is 5.81. The second kappa shape index (κ2) is 9.93. The summed E-state index contributed by atoms with van der Waals surface area (Å²) in [5.41, 5.74) is 2.97. The van der Waals surface area contributed by atoms with Crippen molar-refractivity contribution < 1.29 is 22.6 Å². The summed E-state index contributed by atoms with van der Waals surface area (Å²) < 4.78 is 49.3. The Hall–Kier alpha value is -3.63. The van der Waals surface area contributed by atoms with Gasteiger partial charge in [0.1, 0.15) is 30.7 Å². The zero-order chi connectivity index (χ0) is 24.3. The first-order valence-electron chi connectivity index (χ1n) is 11.2. The lowest BCUT2D eigenvalue weighted by Gasteiger charge is -2.14. The highest BCUT2D eigenvalue weighted by Crippen LogP contribution is 2.29. The Labute approximate surface area is 199 Å². The second-order valence-corrected chi connectivity index (χ2v) is 8.36. The molecule has 0 bridgehead atoms. The minimum Gasteiger partial charge on any atom is -0.476 e. The molecule has 4 heterocycles. The first kappa shape index (κ1) is 23.1. The van der Waals surface area contributed by atoms with Crippen molar-refractivity contribution in [2.75, 3.05) is 31.9 Å². The van der Waals surface area contributed by atoms with Gasteiger partial charge in [0.05, 0.1) is 18.4 Å². The number of benzene rings is 1. The van der Waals surface area contributed by atoms with Crippen molar-refractivity contribution in [1.82, 2.24) is 19.9 Å². The zero-order valence-corrected chi connectivity index (χ0v) is 18.8. The SMILES string of the molecule is FC(F)(F)c1ccc(CNc2ccc(Cc3c[nH]c4ncc(OCN5CCOC5)cc34)cn2)cc1. The van der Waals surface area contributed by atoms with E-state index in [0.29, 0.717) is 38.0 Å². The fourth-order valence-electron chi connectivity index (χ4n) is 3.84. The molecule has 1 aliphatic heterocycles. The number of pyridine rings is 2. The molecule has 10 heteroatoms. The van der Waals surface area contributed by atoms with E-state index < -0.39 is 11.7 Å². The predicted molar refractivity (Wildman–Crippen MR) is 125 cm³/mol. The molecule has 0 radical (unpaired) electrons. The fourth-order valence-corrected chi connectivity index (χ4v) is 3.84. The van der Waals surface area contributed by atoms with E-state index in [2.05, 4.69) is 25.2 Å². The van der Waals surface area contributed by atoms with Crippen molar-refractivity contribution in [2.45, 2.75) is 19.1 Å². The highest BCUT2D eigenvalue weighted by atomic mass is 19.4. The second-order valence-electron chi connectivity index (χ2n) is 8.36. The van der Waals surface area contributed by atoms with Crippen LogP contribution in [-0.2, 0) is 23.9 Å². The Bertz CT molecular complexity index is 1270. The third-order valence-electron chi connectivity index (χ3n) is 5.81. The zero-order valence-electron chi connectivity index (χ0n) is 18.8. The van der Waals surface area contributed by atoms with Crippen LogP contribution in [0, 0.1) is 0 Å². The molecule has 3 aromatic heterocycles. The number of halogens is 3. The number of aromatic nitrogens is 3. The molecule has 1 saturated heterocycles. The molecule has 1 fully saturated rings. The lowest BCUT2D eigenvalue weighted by Crippen LogP contribution is -2.25. The van der Waals surface area contributed by atoms with Gasteiger partial charge in [0.15, 0.2) is 0 Å². The van der Waals surface area contributed by atoms with Crippen LogP contribution in [0.3, 0.4) is 0 Å². The van der Waals surface area contributed by atoms with Gasteiger partial charge < -0.3 is 19.8 Å². The molecule has 35 heavy (non-hydrogen) atoms. The summed E-state index contributed by atoms with van der Waals surface area (Å²) in [6.07, 6.45) is 1.76. The van der Waals surface area contributed by atoms with Crippen molar-refractivity contribution in [2.24, 2.45) is 0 Å². The number of nitrogens with zero attached hydrogens (tertiary/aromatic N) is 3. The van der Waals surface area contributed by atoms with Crippen LogP contribution in [0.2, 0.25) is 0 Å². The van der Waals surface area contributed by atoms with Crippen LogP contribution < -0.4 is 10.1 Å². The van der Waals surface area contributed by atoms with Crippen molar-refractivity contribution >= 4 is 16.9 Å². The number of hydrogen-bond donors (Lipinski definition) is 2. The van der Waals surface area contributed by atoms with Gasteiger partial charge in [-0.25, -0.2) is 14.9 Å². The van der Waals surface area contributed by atoms with E-state index in [1.54, 1.807) is 12.4 Å². The van der Waals surface area contributed by atoms with Crippen LogP contribution in [0.15, 0.2) is 61.1 Å². The quantitative estimate of drug-likeness (QED) is 0.375. The van der Waals surface area contributed by atoms with E-state index >= 15 is 0 Å². The Balaban J connectivity index is 1.19. The molecule has 0 unspecified atom stereocenters. The molecular weight excluding hydrogens is 459 g/mol. The molecule has 0 aliphatic carbocycles. The number of ether oxygens (including phenoxy) is 2. The summed E-state index contributed by atoms with van der Waals surface area (Å²) in [5.74, 6) is 1.35. The van der Waals surface area contributed by atoms with E-state index in [0.717, 1.165) is 53.0 Å². The molecule has 0 saturated carbocycles. The van der Waals surface area contributed by atoms with Gasteiger partial charge in [0.25, 0.3) is 0 Å². The smallest absolute Gasteiger partial charge is 0.416 e. The molecule has 7 nitrogen and oxygen atoms in total. The van der Waals surface area contributed by atoms with Crippen molar-refractivity contribution in [1.29, 1.82) is 0 Å². The van der Waals surface area contributed by atoms with Crippen molar-refractivity contribution in [3.05, 3.63) is 83.3 Å². The number of nitrogens with one attached hydrogen (secondary N) is 2. The maximum Gasteiger partial charge on any atom is 0.416 e. The van der Waals surface area contributed by atoms with Gasteiger partial charge in [-0.05, 0) is 41.0 Å². The first-order valence-corrected chi connectivity index (χ1v) is 11.2. The van der Waals surface area contributed by atoms with Gasteiger partial charge in [0.2, 0.25) is 0 Å². The topological polar surface area (TPSA) is 75.3 Å². The lowest BCUT2D eigenvalue weighted by atomic mass is 10.1. The summed E-state index contributed by atoms with van der Waals surface area (Å²) in [5, 5.41) is 4.13. The summed E-state index contributed by atoms with van der Waals surface area (Å²) >= 11 is 0. The van der Waals surface area contributed by atoms with E-state index in [1.165, 1.54) is 12.1 Å². The molecule has 0 atom stereocenters. The van der Waals surface area contributed by atoms with Gasteiger partial charge in [-0.2, -0.15) is 13.2 Å². The Morgan fingerprint density at radius 3 is 2.60 bits per heavy atom. The van der Waals surface area contributed by atoms with Crippen LogP contribution in [-0.4, -0.2) is 46.5 Å². The molecule has 5 rings (SSSR count). The summed E-state index contributed by atoms with van der Waals surface area (Å²) in [6, 6.07) is 10.9. The van der Waals surface area contributed by atoms with E-state index in [-0.39, 0.29) is 0 Å². The molecule has 1 aliphatic rings. The molecule has 0 amide bonds.